The lowest BCUT2D eigenvalue weighted by atomic mass is 10.1. The average molecular weight is 384 g/mol. The molecular formula is C22H25FN2O3. The van der Waals surface area contributed by atoms with Gasteiger partial charge in [-0.3, -0.25) is 9.59 Å². The van der Waals surface area contributed by atoms with Gasteiger partial charge < -0.3 is 15.0 Å². The van der Waals surface area contributed by atoms with E-state index in [-0.39, 0.29) is 29.8 Å². The van der Waals surface area contributed by atoms with E-state index in [1.165, 1.54) is 17.7 Å². The van der Waals surface area contributed by atoms with Gasteiger partial charge >= 0.3 is 0 Å². The first-order chi connectivity index (χ1) is 13.5. The number of nitrogens with one attached hydrogen (secondary N) is 1. The number of ether oxygens (including phenoxy) is 1. The number of halogens is 1. The standard InChI is InChI=1S/C22H25FN2O3/c1-3-16-6-8-19(9-7-16)28-20-12-17(11-18(23)13-20)22(27)24-14-21(26)25-10-4-5-15(25)2/h6-9,11-13,15H,3-5,10,14H2,1-2H3,(H,24,27). The van der Waals surface area contributed by atoms with Crippen LogP contribution in [-0.4, -0.2) is 35.8 Å². The molecule has 6 heteroatoms. The lowest BCUT2D eigenvalue weighted by Crippen LogP contribution is -2.41. The molecule has 3 rings (SSSR count). The molecule has 1 heterocycles. The second-order valence-corrected chi connectivity index (χ2v) is 7.04. The van der Waals surface area contributed by atoms with Crippen molar-refractivity contribution in [3.8, 4) is 11.5 Å². The van der Waals surface area contributed by atoms with Crippen LogP contribution in [0.25, 0.3) is 0 Å². The second kappa shape index (κ2) is 8.87. The number of benzene rings is 2. The Bertz CT molecular complexity index is 851. The summed E-state index contributed by atoms with van der Waals surface area (Å²) in [6, 6.07) is 11.5. The molecule has 0 aliphatic carbocycles. The van der Waals surface area contributed by atoms with Crippen molar-refractivity contribution in [1.29, 1.82) is 0 Å². The van der Waals surface area contributed by atoms with Crippen LogP contribution < -0.4 is 10.1 Å². The van der Waals surface area contributed by atoms with Crippen LogP contribution in [0.2, 0.25) is 0 Å². The van der Waals surface area contributed by atoms with E-state index in [0.717, 1.165) is 25.3 Å². The van der Waals surface area contributed by atoms with Gasteiger partial charge in [0.2, 0.25) is 5.91 Å². The summed E-state index contributed by atoms with van der Waals surface area (Å²) < 4.78 is 19.6. The number of likely N-dealkylation sites (tertiary alicyclic amines) is 1. The van der Waals surface area contributed by atoms with Gasteiger partial charge in [-0.25, -0.2) is 4.39 Å². The predicted octanol–water partition coefficient (Wildman–Crippen LogP) is 3.92. The molecule has 0 aromatic heterocycles. The fourth-order valence-corrected chi connectivity index (χ4v) is 3.35. The maximum absolute atomic E-state index is 14.0. The van der Waals surface area contributed by atoms with Crippen LogP contribution in [0.3, 0.4) is 0 Å². The van der Waals surface area contributed by atoms with Crippen LogP contribution in [0.15, 0.2) is 42.5 Å². The van der Waals surface area contributed by atoms with Crippen molar-refractivity contribution >= 4 is 11.8 Å². The molecule has 0 saturated carbocycles. The second-order valence-electron chi connectivity index (χ2n) is 7.04. The highest BCUT2D eigenvalue weighted by Crippen LogP contribution is 2.24. The van der Waals surface area contributed by atoms with Gasteiger partial charge in [-0.2, -0.15) is 0 Å². The lowest BCUT2D eigenvalue weighted by Gasteiger charge is -2.21. The van der Waals surface area contributed by atoms with Crippen LogP contribution in [0.5, 0.6) is 11.5 Å². The van der Waals surface area contributed by atoms with E-state index >= 15 is 0 Å². The van der Waals surface area contributed by atoms with E-state index in [9.17, 15) is 14.0 Å². The van der Waals surface area contributed by atoms with Gasteiger partial charge in [0.25, 0.3) is 5.91 Å². The maximum atomic E-state index is 14.0. The fourth-order valence-electron chi connectivity index (χ4n) is 3.35. The number of carbonyl (C=O) groups excluding carboxylic acids is 2. The van der Waals surface area contributed by atoms with E-state index < -0.39 is 11.7 Å². The zero-order valence-corrected chi connectivity index (χ0v) is 16.2. The summed E-state index contributed by atoms with van der Waals surface area (Å²) in [5.74, 6) is -0.415. The topological polar surface area (TPSA) is 58.6 Å². The number of hydrogen-bond acceptors (Lipinski definition) is 3. The van der Waals surface area contributed by atoms with Gasteiger partial charge in [0.15, 0.2) is 0 Å². The summed E-state index contributed by atoms with van der Waals surface area (Å²) in [5.41, 5.74) is 1.28. The number of rotatable bonds is 6. The van der Waals surface area contributed by atoms with E-state index in [4.69, 9.17) is 4.74 Å². The van der Waals surface area contributed by atoms with Crippen LogP contribution in [0.1, 0.15) is 42.6 Å². The van der Waals surface area contributed by atoms with Crippen molar-refractivity contribution in [1.82, 2.24) is 10.2 Å². The maximum Gasteiger partial charge on any atom is 0.251 e. The smallest absolute Gasteiger partial charge is 0.251 e. The fraction of sp³-hybridized carbons (Fsp3) is 0.364. The van der Waals surface area contributed by atoms with Crippen molar-refractivity contribution in [2.45, 2.75) is 39.2 Å². The number of carbonyl (C=O) groups is 2. The van der Waals surface area contributed by atoms with Gasteiger partial charge in [-0.15, -0.1) is 0 Å². The van der Waals surface area contributed by atoms with Crippen LogP contribution >= 0.6 is 0 Å². The van der Waals surface area contributed by atoms with Crippen molar-refractivity contribution < 1.29 is 18.7 Å². The van der Waals surface area contributed by atoms with Gasteiger partial charge in [-0.05, 0) is 56.0 Å². The molecule has 1 unspecified atom stereocenters. The highest BCUT2D eigenvalue weighted by molar-refractivity contribution is 5.96. The first-order valence-corrected chi connectivity index (χ1v) is 9.61. The van der Waals surface area contributed by atoms with Gasteiger partial charge in [0, 0.05) is 24.2 Å². The van der Waals surface area contributed by atoms with Gasteiger partial charge in [0.05, 0.1) is 6.54 Å². The third-order valence-electron chi connectivity index (χ3n) is 4.97. The molecule has 0 radical (unpaired) electrons. The first-order valence-electron chi connectivity index (χ1n) is 9.61. The third kappa shape index (κ3) is 4.88. The van der Waals surface area contributed by atoms with Gasteiger partial charge in [0.1, 0.15) is 17.3 Å². The molecule has 1 atom stereocenters. The van der Waals surface area contributed by atoms with Crippen LogP contribution in [-0.2, 0) is 11.2 Å². The molecule has 148 valence electrons. The Balaban J connectivity index is 1.64. The van der Waals surface area contributed by atoms with Crippen molar-refractivity contribution in [3.63, 3.8) is 0 Å². The van der Waals surface area contributed by atoms with Crippen molar-refractivity contribution in [2.75, 3.05) is 13.1 Å². The van der Waals surface area contributed by atoms with E-state index in [0.29, 0.717) is 12.3 Å². The average Bonchev–Trinajstić information content (AvgIpc) is 3.12. The minimum atomic E-state index is -0.577. The number of aryl methyl sites for hydroxylation is 1. The highest BCUT2D eigenvalue weighted by atomic mass is 19.1. The Labute approximate surface area is 164 Å². The predicted molar refractivity (Wildman–Crippen MR) is 105 cm³/mol. The summed E-state index contributed by atoms with van der Waals surface area (Å²) >= 11 is 0. The molecule has 0 spiro atoms. The molecule has 0 bridgehead atoms. The largest absolute Gasteiger partial charge is 0.457 e. The Kier molecular flexibility index (Phi) is 6.29. The minimum Gasteiger partial charge on any atom is -0.457 e. The highest BCUT2D eigenvalue weighted by Gasteiger charge is 2.25. The SMILES string of the molecule is CCc1ccc(Oc2cc(F)cc(C(=O)NCC(=O)N3CCCC3C)c2)cc1. The quantitative estimate of drug-likeness (QED) is 0.821. The molecule has 28 heavy (non-hydrogen) atoms. The van der Waals surface area contributed by atoms with E-state index in [1.54, 1.807) is 17.0 Å². The molecule has 2 aromatic carbocycles. The molecule has 2 aromatic rings. The molecule has 1 N–H and O–H groups in total. The van der Waals surface area contributed by atoms with Gasteiger partial charge in [-0.1, -0.05) is 19.1 Å². The summed E-state index contributed by atoms with van der Waals surface area (Å²) in [6.07, 6.45) is 2.87. The van der Waals surface area contributed by atoms with Crippen LogP contribution in [0.4, 0.5) is 4.39 Å². The number of nitrogens with zero attached hydrogens (tertiary/aromatic N) is 1. The normalized spacial score (nSPS) is 16.1. The van der Waals surface area contributed by atoms with Crippen molar-refractivity contribution in [3.05, 3.63) is 59.4 Å². The zero-order valence-electron chi connectivity index (χ0n) is 16.2. The molecule has 2 amide bonds. The number of hydrogen-bond donors (Lipinski definition) is 1. The summed E-state index contributed by atoms with van der Waals surface area (Å²) in [5, 5.41) is 2.58. The van der Waals surface area contributed by atoms with E-state index in [1.807, 2.05) is 19.1 Å². The van der Waals surface area contributed by atoms with E-state index in [2.05, 4.69) is 12.2 Å². The Hall–Kier alpha value is -2.89. The molecule has 5 nitrogen and oxygen atoms in total. The summed E-state index contributed by atoms with van der Waals surface area (Å²) in [7, 11) is 0. The zero-order chi connectivity index (χ0) is 20.1. The molecule has 1 saturated heterocycles. The Morgan fingerprint density at radius 3 is 2.57 bits per heavy atom. The van der Waals surface area contributed by atoms with Crippen LogP contribution in [0, 0.1) is 5.82 Å². The molecule has 1 aliphatic rings. The molecule has 1 aliphatic heterocycles. The number of amides is 2. The summed E-state index contributed by atoms with van der Waals surface area (Å²) in [4.78, 5) is 26.4. The minimum absolute atomic E-state index is 0.103. The van der Waals surface area contributed by atoms with Crippen molar-refractivity contribution in [2.24, 2.45) is 0 Å². The monoisotopic (exact) mass is 384 g/mol. The molecule has 1 fully saturated rings. The lowest BCUT2D eigenvalue weighted by molar-refractivity contribution is -0.130. The Morgan fingerprint density at radius 1 is 1.18 bits per heavy atom. The summed E-state index contributed by atoms with van der Waals surface area (Å²) in [6.45, 7) is 4.66. The first kappa shape index (κ1) is 19.9. The Morgan fingerprint density at radius 2 is 1.93 bits per heavy atom. The molecular weight excluding hydrogens is 359 g/mol. The third-order valence-corrected chi connectivity index (χ3v) is 4.97.